The summed E-state index contributed by atoms with van der Waals surface area (Å²) >= 11 is 0. The smallest absolute Gasteiger partial charge is 0.0491 e. The summed E-state index contributed by atoms with van der Waals surface area (Å²) in [6.07, 6.45) is 2.37. The van der Waals surface area contributed by atoms with E-state index in [0.717, 1.165) is 72.7 Å². The maximum Gasteiger partial charge on any atom is 0.0491 e. The van der Waals surface area contributed by atoms with Gasteiger partial charge in [0.2, 0.25) is 0 Å². The minimum atomic E-state index is 0. The Morgan fingerprint density at radius 1 is 0.358 bits per heavy atom. The van der Waals surface area contributed by atoms with Gasteiger partial charge < -0.3 is 0 Å². The number of benzene rings is 4. The van der Waals surface area contributed by atoms with Gasteiger partial charge >= 0.3 is 0 Å². The summed E-state index contributed by atoms with van der Waals surface area (Å²) in [7, 11) is 7.63. The van der Waals surface area contributed by atoms with Crippen LogP contribution in [0.2, 0.25) is 0 Å². The van der Waals surface area contributed by atoms with Crippen LogP contribution in [0.5, 0.6) is 0 Å². The molecule has 4 aromatic rings. The second kappa shape index (κ2) is 32.4. The summed E-state index contributed by atoms with van der Waals surface area (Å²) in [6, 6.07) is 41.4. The molecule has 0 bridgehead atoms. The van der Waals surface area contributed by atoms with Crippen LogP contribution in [-0.2, 0) is 0 Å². The Morgan fingerprint density at radius 3 is 0.849 bits per heavy atom. The van der Waals surface area contributed by atoms with Crippen molar-refractivity contribution in [1.29, 1.82) is 0 Å². The Balaban J connectivity index is 0.000000421. The van der Waals surface area contributed by atoms with Gasteiger partial charge in [-0.2, -0.15) is 0 Å². The summed E-state index contributed by atoms with van der Waals surface area (Å²) in [4.78, 5) is 18.3. The molecule has 286 valence electrons. The molecule has 0 amide bonds. The number of hydrogen-bond acceptors (Lipinski definition) is 8. The van der Waals surface area contributed by atoms with Crippen molar-refractivity contribution >= 4 is 66.0 Å². The van der Waals surface area contributed by atoms with Crippen LogP contribution < -0.4 is 0 Å². The summed E-state index contributed by atoms with van der Waals surface area (Å²) in [6.45, 7) is 16.2. The molecule has 0 spiro atoms. The van der Waals surface area contributed by atoms with E-state index in [1.54, 1.807) is 0 Å². The average Bonchev–Trinajstić information content (AvgIpc) is 3.20. The van der Waals surface area contributed by atoms with Gasteiger partial charge in [-0.05, 0) is 62.8 Å². The van der Waals surface area contributed by atoms with Crippen LogP contribution in [0.25, 0.3) is 0 Å². The highest BCUT2D eigenvalue weighted by atomic mass is 33.1. The Hall–Kier alpha value is -3.04. The van der Waals surface area contributed by atoms with Gasteiger partial charge in [-0.3, -0.25) is 20.0 Å². The van der Waals surface area contributed by atoms with Crippen molar-refractivity contribution in [2.75, 3.05) is 49.2 Å². The largest absolute Gasteiger partial charge is 0.289 e. The molecule has 53 heavy (non-hydrogen) atoms. The van der Waals surface area contributed by atoms with Crippen LogP contribution >= 0.6 is 43.2 Å². The minimum Gasteiger partial charge on any atom is -0.289 e. The lowest BCUT2D eigenvalue weighted by Gasteiger charge is -2.02. The van der Waals surface area contributed by atoms with Crippen molar-refractivity contribution in [3.8, 4) is 0 Å². The zero-order valence-electron chi connectivity index (χ0n) is 32.0. The molecular formula is C45H62N4S4. The Kier molecular flexibility index (Phi) is 29.3. The van der Waals surface area contributed by atoms with Crippen molar-refractivity contribution in [1.82, 2.24) is 0 Å². The van der Waals surface area contributed by atoms with Gasteiger partial charge in [0, 0.05) is 72.0 Å². The maximum absolute atomic E-state index is 4.64. The highest BCUT2D eigenvalue weighted by Crippen LogP contribution is 2.21. The molecule has 0 aliphatic rings. The molecule has 4 aromatic carbocycles. The van der Waals surface area contributed by atoms with Gasteiger partial charge in [-0.15, -0.1) is 0 Å². The first-order valence-corrected chi connectivity index (χ1v) is 23.2. The summed E-state index contributed by atoms with van der Waals surface area (Å²) < 4.78 is 0. The topological polar surface area (TPSA) is 49.4 Å². The van der Waals surface area contributed by atoms with E-state index in [4.69, 9.17) is 0 Å². The third kappa shape index (κ3) is 23.4. The molecule has 0 aromatic heterocycles. The molecular weight excluding hydrogens is 725 g/mol. The fourth-order valence-electron chi connectivity index (χ4n) is 4.43. The normalized spacial score (nSPS) is 11.8. The first-order valence-electron chi connectivity index (χ1n) is 18.2. The number of rotatable bonds is 19. The Bertz CT molecular complexity index is 1520. The van der Waals surface area contributed by atoms with Crippen LogP contribution in [0, 0.1) is 0 Å². The molecule has 0 heterocycles. The van der Waals surface area contributed by atoms with Crippen LogP contribution in [0.4, 0.5) is 0 Å². The SMILES string of the molecule is C.CC(=NCCSSCCN=C(C)c1ccccc1)c1ccccc1.CCCN=C(C)c1ccccc1.CCCSSCCN=C(C)c1ccccc1. The third-order valence-electron chi connectivity index (χ3n) is 7.36. The third-order valence-corrected chi connectivity index (χ3v) is 12.3. The van der Waals surface area contributed by atoms with E-state index in [0.29, 0.717) is 0 Å². The quantitative estimate of drug-likeness (QED) is 0.0540. The van der Waals surface area contributed by atoms with Gasteiger partial charge in [-0.1, -0.05) is 186 Å². The van der Waals surface area contributed by atoms with E-state index >= 15 is 0 Å². The summed E-state index contributed by atoms with van der Waals surface area (Å²) in [5, 5.41) is 0. The standard InChI is InChI=1S/C20H24N2S2.C13H19NS2.C11H15N.CH4/c1-17(19-9-5-3-6-10-19)21-13-15-23-24-16-14-22-18(2)20-11-7-4-8-12-20;1-3-10-15-16-11-9-14-12(2)13-7-5-4-6-8-13;1-3-9-12-10(2)11-7-5-4-6-8-11;/h3-12H,13-16H2,1-2H3;4-8H,3,9-11H2,1-2H3;4-8H,3,9H2,1-2H3;1H4. The molecule has 0 saturated heterocycles. The predicted octanol–water partition coefficient (Wildman–Crippen LogP) is 13.2. The predicted molar refractivity (Wildman–Crippen MR) is 251 cm³/mol. The first-order chi connectivity index (χ1) is 25.5. The van der Waals surface area contributed by atoms with Crippen molar-refractivity contribution < 1.29 is 0 Å². The minimum absolute atomic E-state index is 0. The Morgan fingerprint density at radius 2 is 0.604 bits per heavy atom. The lowest BCUT2D eigenvalue weighted by molar-refractivity contribution is 0.931. The highest BCUT2D eigenvalue weighted by molar-refractivity contribution is 8.77. The molecule has 0 fully saturated rings. The van der Waals surface area contributed by atoms with E-state index in [1.165, 1.54) is 34.4 Å². The van der Waals surface area contributed by atoms with Crippen LogP contribution in [0.3, 0.4) is 0 Å². The zero-order valence-corrected chi connectivity index (χ0v) is 35.3. The lowest BCUT2D eigenvalue weighted by atomic mass is 10.1. The molecule has 4 nitrogen and oxygen atoms in total. The zero-order chi connectivity index (χ0) is 37.5. The maximum atomic E-state index is 4.64. The molecule has 0 radical (unpaired) electrons. The number of nitrogens with zero attached hydrogens (tertiary/aromatic N) is 4. The molecule has 0 unspecified atom stereocenters. The lowest BCUT2D eigenvalue weighted by Crippen LogP contribution is -1.98. The van der Waals surface area contributed by atoms with Gasteiger partial charge in [-0.25, -0.2) is 0 Å². The molecule has 0 atom stereocenters. The average molecular weight is 787 g/mol. The number of hydrogen-bond donors (Lipinski definition) is 0. The van der Waals surface area contributed by atoms with Crippen LogP contribution in [0.15, 0.2) is 141 Å². The fraction of sp³-hybridized carbons (Fsp3) is 0.378. The van der Waals surface area contributed by atoms with E-state index in [1.807, 2.05) is 79.6 Å². The Labute approximate surface area is 338 Å². The van der Waals surface area contributed by atoms with Crippen LogP contribution in [-0.4, -0.2) is 72.0 Å². The monoisotopic (exact) mass is 786 g/mol. The van der Waals surface area contributed by atoms with E-state index < -0.39 is 0 Å². The van der Waals surface area contributed by atoms with Crippen molar-refractivity contribution in [2.45, 2.75) is 61.8 Å². The van der Waals surface area contributed by atoms with E-state index in [-0.39, 0.29) is 7.43 Å². The van der Waals surface area contributed by atoms with Crippen molar-refractivity contribution in [3.05, 3.63) is 144 Å². The molecule has 0 saturated carbocycles. The fourth-order valence-corrected chi connectivity index (χ4v) is 8.15. The molecule has 8 heteroatoms. The summed E-state index contributed by atoms with van der Waals surface area (Å²) in [5.41, 5.74) is 9.38. The van der Waals surface area contributed by atoms with Gasteiger partial charge in [0.05, 0.1) is 0 Å². The second-order valence-electron chi connectivity index (χ2n) is 11.6. The second-order valence-corrected chi connectivity index (χ2v) is 17.0. The highest BCUT2D eigenvalue weighted by Gasteiger charge is 1.98. The van der Waals surface area contributed by atoms with Gasteiger partial charge in [0.25, 0.3) is 0 Å². The van der Waals surface area contributed by atoms with Gasteiger partial charge in [0.1, 0.15) is 0 Å². The first kappa shape index (κ1) is 48.0. The molecule has 0 aliphatic heterocycles. The van der Waals surface area contributed by atoms with Crippen molar-refractivity contribution in [3.63, 3.8) is 0 Å². The molecule has 0 N–H and O–H groups in total. The van der Waals surface area contributed by atoms with E-state index in [9.17, 15) is 0 Å². The summed E-state index contributed by atoms with van der Waals surface area (Å²) in [5.74, 6) is 4.42. The van der Waals surface area contributed by atoms with Crippen LogP contribution in [0.1, 0.15) is 84.1 Å². The molecule has 4 rings (SSSR count). The number of aliphatic imine (C=N–C) groups is 4. The van der Waals surface area contributed by atoms with Crippen molar-refractivity contribution in [2.24, 2.45) is 20.0 Å². The molecule has 0 aliphatic carbocycles. The van der Waals surface area contributed by atoms with E-state index in [2.05, 4.69) is 146 Å². The van der Waals surface area contributed by atoms with Gasteiger partial charge in [0.15, 0.2) is 0 Å².